The molecule has 4 nitrogen and oxygen atoms in total. The topological polar surface area (TPSA) is 90.1 Å². The number of rotatable bonds is 20. The lowest BCUT2D eigenvalue weighted by Crippen LogP contribution is -2.27. The van der Waals surface area contributed by atoms with Gasteiger partial charge in [0, 0.05) is 37.9 Å². The highest BCUT2D eigenvalue weighted by molar-refractivity contribution is 6.25. The van der Waals surface area contributed by atoms with Crippen LogP contribution in [0.2, 0.25) is 0 Å². The van der Waals surface area contributed by atoms with Crippen molar-refractivity contribution >= 4 is 23.2 Å². The fourth-order valence-corrected chi connectivity index (χ4v) is 2.72. The van der Waals surface area contributed by atoms with E-state index in [4.69, 9.17) is 40.4 Å². The van der Waals surface area contributed by atoms with Crippen LogP contribution in [0.15, 0.2) is 12.2 Å². The largest absolute Gasteiger partial charge is 0.330 e. The van der Waals surface area contributed by atoms with Crippen LogP contribution in [-0.2, 0) is 0 Å². The Morgan fingerprint density at radius 2 is 0.967 bits per heavy atom. The van der Waals surface area contributed by atoms with Crippen molar-refractivity contribution in [3.05, 3.63) is 12.2 Å². The first-order valence-electron chi connectivity index (χ1n) is 12.3. The molecule has 0 aromatic heterocycles. The molecule has 0 aliphatic carbocycles. The van der Waals surface area contributed by atoms with Crippen LogP contribution >= 0.6 is 23.2 Å². The van der Waals surface area contributed by atoms with E-state index in [1.165, 1.54) is 89.9 Å². The van der Waals surface area contributed by atoms with Crippen LogP contribution in [-0.4, -0.2) is 44.5 Å². The van der Waals surface area contributed by atoms with Gasteiger partial charge in [-0.1, -0.05) is 76.9 Å². The summed E-state index contributed by atoms with van der Waals surface area (Å²) in [4.78, 5) is 0. The average molecular weight is 470 g/mol. The van der Waals surface area contributed by atoms with Crippen molar-refractivity contribution in [3.8, 4) is 0 Å². The lowest BCUT2D eigenvalue weighted by Gasteiger charge is -1.99. The quantitative estimate of drug-likeness (QED) is 0.101. The molecule has 0 saturated heterocycles. The van der Waals surface area contributed by atoms with Crippen LogP contribution in [0.1, 0.15) is 96.8 Å². The summed E-state index contributed by atoms with van der Waals surface area (Å²) in [6.45, 7) is 6.27. The molecule has 0 heterocycles. The lowest BCUT2D eigenvalue weighted by molar-refractivity contribution is 0.599. The highest BCUT2D eigenvalue weighted by Crippen LogP contribution is 2.09. The Kier molecular flexibility index (Phi) is 45.9. The molecule has 0 aromatic carbocycles. The van der Waals surface area contributed by atoms with E-state index < -0.39 is 0 Å². The first kappa shape index (κ1) is 34.8. The van der Waals surface area contributed by atoms with E-state index >= 15 is 0 Å². The van der Waals surface area contributed by atoms with Gasteiger partial charge in [0.2, 0.25) is 0 Å². The number of hydrogen-bond acceptors (Lipinski definition) is 4. The molecule has 0 aromatic rings. The van der Waals surface area contributed by atoms with Crippen molar-refractivity contribution in [1.29, 1.82) is 0 Å². The van der Waals surface area contributed by atoms with E-state index in [2.05, 4.69) is 24.4 Å². The molecule has 30 heavy (non-hydrogen) atoms. The fourth-order valence-electron chi connectivity index (χ4n) is 2.72. The molecule has 0 spiro atoms. The zero-order chi connectivity index (χ0) is 23.0. The third-order valence-electron chi connectivity index (χ3n) is 4.43. The third-order valence-corrected chi connectivity index (χ3v) is 5.00. The Morgan fingerprint density at radius 3 is 1.33 bits per heavy atom. The van der Waals surface area contributed by atoms with E-state index in [9.17, 15) is 0 Å². The first-order valence-corrected chi connectivity index (χ1v) is 13.4. The van der Waals surface area contributed by atoms with Crippen LogP contribution in [0.4, 0.5) is 0 Å². The van der Waals surface area contributed by atoms with Gasteiger partial charge in [0.25, 0.3) is 0 Å². The molecule has 0 rings (SSSR count). The van der Waals surface area contributed by atoms with E-state index in [0.717, 1.165) is 19.6 Å². The Bertz CT molecular complexity index is 274. The normalized spacial score (nSPS) is 10.5. The van der Waals surface area contributed by atoms with Gasteiger partial charge in [-0.05, 0) is 38.6 Å². The molecule has 0 amide bonds. The zero-order valence-electron chi connectivity index (χ0n) is 20.0. The minimum Gasteiger partial charge on any atom is -0.330 e. The summed E-state index contributed by atoms with van der Waals surface area (Å²) in [6, 6.07) is 0. The summed E-state index contributed by atoms with van der Waals surface area (Å²) in [5, 5.41) is 3.03. The number of nitrogens with one attached hydrogen (secondary N) is 1. The smallest absolute Gasteiger partial charge is 0.0359 e. The van der Waals surface area contributed by atoms with Gasteiger partial charge < -0.3 is 22.5 Å². The minimum atomic E-state index is 0.557. The zero-order valence-corrected chi connectivity index (χ0v) is 21.5. The molecule has 0 unspecified atom stereocenters. The monoisotopic (exact) mass is 468 g/mol. The fraction of sp³-hybridized carbons (Fsp3) is 0.917. The first-order chi connectivity index (χ1) is 14.7. The summed E-state index contributed by atoms with van der Waals surface area (Å²) < 4.78 is 0. The number of hydrogen-bond donors (Lipinski definition) is 4. The van der Waals surface area contributed by atoms with E-state index in [0.29, 0.717) is 24.8 Å². The Morgan fingerprint density at radius 1 is 0.567 bits per heavy atom. The maximum absolute atomic E-state index is 5.47. The van der Waals surface area contributed by atoms with Gasteiger partial charge in [-0.15, -0.1) is 23.2 Å². The second-order valence-corrected chi connectivity index (χ2v) is 8.19. The molecule has 0 bridgehead atoms. The molecule has 0 fully saturated rings. The highest BCUT2D eigenvalue weighted by Gasteiger charge is 1.90. The minimum absolute atomic E-state index is 0.557. The SMILES string of the molecule is CCCCCCCC/C=C\CCCCCCCCN.ClCCCl.NCCNCCN. The molecule has 0 saturated carbocycles. The molecule has 0 radical (unpaired) electrons. The summed E-state index contributed by atoms with van der Waals surface area (Å²) in [7, 11) is 0. The second-order valence-electron chi connectivity index (χ2n) is 7.43. The molecular formula is C24H54Cl2N4. The van der Waals surface area contributed by atoms with Gasteiger partial charge in [0.05, 0.1) is 0 Å². The standard InChI is InChI=1S/C18H37N.C4H13N3.C2H4Cl2/c1-2-3-4-5-6-7-8-9-10-11-12-13-14-15-16-17-18-19;5-1-3-7-4-2-6;3-1-2-4/h9-10H,2-8,11-19H2,1H3;7H,1-6H2;1-2H2/b10-9-;;. The maximum Gasteiger partial charge on any atom is 0.0359 e. The maximum atomic E-state index is 5.47. The summed E-state index contributed by atoms with van der Waals surface area (Å²) in [6.07, 6.45) is 23.9. The van der Waals surface area contributed by atoms with E-state index in [1.54, 1.807) is 0 Å². The van der Waals surface area contributed by atoms with Crippen LogP contribution in [0.25, 0.3) is 0 Å². The highest BCUT2D eigenvalue weighted by atomic mass is 35.5. The van der Waals surface area contributed by atoms with Crippen molar-refractivity contribution < 1.29 is 0 Å². The van der Waals surface area contributed by atoms with E-state index in [-0.39, 0.29) is 0 Å². The number of halogens is 2. The molecule has 0 aliphatic heterocycles. The second kappa shape index (κ2) is 39.6. The van der Waals surface area contributed by atoms with Crippen molar-refractivity contribution in [3.63, 3.8) is 0 Å². The number of nitrogens with two attached hydrogens (primary N) is 3. The summed E-state index contributed by atoms with van der Waals surface area (Å²) in [5.41, 5.74) is 15.8. The van der Waals surface area contributed by atoms with Crippen LogP contribution in [0.5, 0.6) is 0 Å². The third kappa shape index (κ3) is 46.4. The summed E-state index contributed by atoms with van der Waals surface area (Å²) >= 11 is 10.1. The van der Waals surface area contributed by atoms with Crippen molar-refractivity contribution in [2.45, 2.75) is 96.8 Å². The molecule has 6 heteroatoms. The molecular weight excluding hydrogens is 415 g/mol. The lowest BCUT2D eigenvalue weighted by atomic mass is 10.1. The van der Waals surface area contributed by atoms with Crippen molar-refractivity contribution in [2.24, 2.45) is 17.2 Å². The van der Waals surface area contributed by atoms with Gasteiger partial charge >= 0.3 is 0 Å². The molecule has 0 atom stereocenters. The number of unbranched alkanes of at least 4 members (excludes halogenated alkanes) is 12. The van der Waals surface area contributed by atoms with Gasteiger partial charge in [-0.2, -0.15) is 0 Å². The van der Waals surface area contributed by atoms with Gasteiger partial charge in [-0.25, -0.2) is 0 Å². The molecule has 184 valence electrons. The Hall–Kier alpha value is 0.160. The van der Waals surface area contributed by atoms with Gasteiger partial charge in [0.1, 0.15) is 0 Å². The Labute approximate surface area is 199 Å². The van der Waals surface area contributed by atoms with Gasteiger partial charge in [-0.3, -0.25) is 0 Å². The summed E-state index contributed by atoms with van der Waals surface area (Å²) in [5.74, 6) is 1.11. The van der Waals surface area contributed by atoms with Gasteiger partial charge in [0.15, 0.2) is 0 Å². The average Bonchev–Trinajstić information content (AvgIpc) is 2.77. The van der Waals surface area contributed by atoms with E-state index in [1.807, 2.05) is 0 Å². The molecule has 7 N–H and O–H groups in total. The number of allylic oxidation sites excluding steroid dienone is 2. The predicted molar refractivity (Wildman–Crippen MR) is 141 cm³/mol. The predicted octanol–water partition coefficient (Wildman–Crippen LogP) is 5.94. The van der Waals surface area contributed by atoms with Crippen molar-refractivity contribution in [2.75, 3.05) is 44.5 Å². The number of alkyl halides is 2. The van der Waals surface area contributed by atoms with Crippen molar-refractivity contribution in [1.82, 2.24) is 5.32 Å². The van der Waals surface area contributed by atoms with Crippen LogP contribution < -0.4 is 22.5 Å². The Balaban J connectivity index is -0.000000543. The molecule has 0 aliphatic rings. The van der Waals surface area contributed by atoms with Crippen LogP contribution in [0.3, 0.4) is 0 Å². The van der Waals surface area contributed by atoms with Crippen LogP contribution in [0, 0.1) is 0 Å².